The number of hydrogen-bond donors (Lipinski definition) is 1. The molecule has 4 heterocycles. The van der Waals surface area contributed by atoms with Crippen LogP contribution >= 0.6 is 11.6 Å². The van der Waals surface area contributed by atoms with Gasteiger partial charge in [-0.15, -0.1) is 0 Å². The highest BCUT2D eigenvalue weighted by Crippen LogP contribution is 2.29. The van der Waals surface area contributed by atoms with E-state index in [0.717, 1.165) is 5.56 Å². The lowest BCUT2D eigenvalue weighted by molar-refractivity contribution is -0.0494. The molecular formula is C20H16ClF2N7O. The number of H-pyrrole nitrogens is 1. The maximum atomic E-state index is 13.4. The summed E-state index contributed by atoms with van der Waals surface area (Å²) in [6.07, 6.45) is 3.79. The Morgan fingerprint density at radius 2 is 1.90 bits per heavy atom. The molecule has 1 fully saturated rings. The third-order valence-corrected chi connectivity index (χ3v) is 5.47. The van der Waals surface area contributed by atoms with Crippen molar-refractivity contribution in [3.63, 3.8) is 0 Å². The van der Waals surface area contributed by atoms with E-state index in [9.17, 15) is 13.6 Å². The number of alkyl halides is 2. The molecular weight excluding hydrogens is 428 g/mol. The first-order valence-electron chi connectivity index (χ1n) is 9.57. The van der Waals surface area contributed by atoms with Crippen LogP contribution in [-0.2, 0) is 0 Å². The number of pyridine rings is 1. The zero-order valence-corrected chi connectivity index (χ0v) is 16.9. The Morgan fingerprint density at radius 1 is 1.10 bits per heavy atom. The first-order chi connectivity index (χ1) is 14.9. The largest absolute Gasteiger partial charge is 0.338 e. The minimum atomic E-state index is -2.71. The van der Waals surface area contributed by atoms with Gasteiger partial charge in [0.2, 0.25) is 0 Å². The zero-order valence-electron chi connectivity index (χ0n) is 16.1. The van der Waals surface area contributed by atoms with E-state index >= 15 is 0 Å². The molecule has 0 saturated carbocycles. The predicted octanol–water partition coefficient (Wildman–Crippen LogP) is 3.73. The van der Waals surface area contributed by atoms with Crippen LogP contribution in [0.15, 0.2) is 43.0 Å². The summed E-state index contributed by atoms with van der Waals surface area (Å²) in [5, 5.41) is 12.2. The fourth-order valence-corrected chi connectivity index (χ4v) is 3.85. The second kappa shape index (κ2) is 7.38. The third kappa shape index (κ3) is 3.74. The van der Waals surface area contributed by atoms with Gasteiger partial charge in [-0.1, -0.05) is 11.6 Å². The van der Waals surface area contributed by atoms with Gasteiger partial charge in [-0.05, 0) is 24.3 Å². The lowest BCUT2D eigenvalue weighted by Crippen LogP contribution is -2.42. The van der Waals surface area contributed by atoms with Gasteiger partial charge in [0.15, 0.2) is 11.5 Å². The van der Waals surface area contributed by atoms with E-state index in [4.69, 9.17) is 11.6 Å². The van der Waals surface area contributed by atoms with Gasteiger partial charge < -0.3 is 4.90 Å². The first-order valence-corrected chi connectivity index (χ1v) is 9.95. The van der Waals surface area contributed by atoms with Crippen LogP contribution in [-0.4, -0.2) is 59.8 Å². The van der Waals surface area contributed by atoms with Crippen molar-refractivity contribution in [3.8, 4) is 17.1 Å². The van der Waals surface area contributed by atoms with Crippen LogP contribution in [0.3, 0.4) is 0 Å². The topological polar surface area (TPSA) is 92.6 Å². The Balaban J connectivity index is 1.46. The third-order valence-electron chi connectivity index (χ3n) is 5.25. The number of fused-ring (bicyclic) bond motifs is 1. The Hall–Kier alpha value is -3.40. The van der Waals surface area contributed by atoms with Crippen molar-refractivity contribution >= 4 is 28.5 Å². The van der Waals surface area contributed by atoms with Gasteiger partial charge in [0.05, 0.1) is 17.4 Å². The Bertz CT molecular complexity index is 1260. The number of nitrogens with one attached hydrogen (secondary N) is 1. The molecule has 0 unspecified atom stereocenters. The maximum absolute atomic E-state index is 13.4. The molecule has 0 atom stereocenters. The lowest BCUT2D eigenvalue weighted by Gasteiger charge is -2.31. The molecule has 158 valence electrons. The van der Waals surface area contributed by atoms with Crippen molar-refractivity contribution in [1.29, 1.82) is 0 Å². The van der Waals surface area contributed by atoms with Crippen molar-refractivity contribution in [1.82, 2.24) is 34.8 Å². The molecule has 1 amide bonds. The summed E-state index contributed by atoms with van der Waals surface area (Å²) in [4.78, 5) is 22.7. The molecule has 5 rings (SSSR count). The van der Waals surface area contributed by atoms with Crippen LogP contribution in [0.25, 0.3) is 28.1 Å². The van der Waals surface area contributed by atoms with Crippen molar-refractivity contribution in [3.05, 3.63) is 53.6 Å². The first kappa shape index (κ1) is 19.6. The van der Waals surface area contributed by atoms with E-state index < -0.39 is 5.92 Å². The highest BCUT2D eigenvalue weighted by Gasteiger charge is 2.35. The van der Waals surface area contributed by atoms with Crippen LogP contribution in [0, 0.1) is 0 Å². The molecule has 1 aliphatic rings. The molecule has 1 aliphatic heterocycles. The van der Waals surface area contributed by atoms with E-state index in [-0.39, 0.29) is 31.8 Å². The summed E-state index contributed by atoms with van der Waals surface area (Å²) < 4.78 is 28.4. The quantitative estimate of drug-likeness (QED) is 0.521. The summed E-state index contributed by atoms with van der Waals surface area (Å²) in [6.45, 7) is 0.0477. The number of amides is 1. The smallest absolute Gasteiger partial charge is 0.255 e. The number of benzene rings is 1. The number of aromatic nitrogens is 6. The maximum Gasteiger partial charge on any atom is 0.255 e. The summed E-state index contributed by atoms with van der Waals surface area (Å²) in [6, 6.07) is 7.00. The zero-order chi connectivity index (χ0) is 21.6. The number of carbonyl (C=O) groups excluding carboxylic acids is 1. The van der Waals surface area contributed by atoms with E-state index in [0.29, 0.717) is 33.1 Å². The van der Waals surface area contributed by atoms with Crippen LogP contribution in [0.4, 0.5) is 8.78 Å². The lowest BCUT2D eigenvalue weighted by atomic mass is 10.1. The van der Waals surface area contributed by atoms with Crippen LogP contribution < -0.4 is 0 Å². The second-order valence-corrected chi connectivity index (χ2v) is 7.81. The summed E-state index contributed by atoms with van der Waals surface area (Å²) in [7, 11) is 0. The van der Waals surface area contributed by atoms with Crippen molar-refractivity contribution in [2.75, 3.05) is 13.1 Å². The molecule has 3 aromatic heterocycles. The van der Waals surface area contributed by atoms with Crippen molar-refractivity contribution in [2.24, 2.45) is 0 Å². The predicted molar refractivity (Wildman–Crippen MR) is 109 cm³/mol. The fraction of sp³-hybridized carbons (Fsp3) is 0.250. The van der Waals surface area contributed by atoms with Gasteiger partial charge in [0.25, 0.3) is 11.8 Å². The molecule has 1 aromatic carbocycles. The number of carbonyl (C=O) groups is 1. The molecule has 0 spiro atoms. The SMILES string of the molecule is O=C(c1cnc2c(cnn2-c2cc(Cl)cc(-c3ncn[nH]3)c2)c1)N1CCC(F)(F)CC1. The molecule has 4 aromatic rings. The van der Waals surface area contributed by atoms with Gasteiger partial charge in [0, 0.05) is 48.1 Å². The van der Waals surface area contributed by atoms with Gasteiger partial charge >= 0.3 is 0 Å². The molecule has 1 N–H and O–H groups in total. The summed E-state index contributed by atoms with van der Waals surface area (Å²) >= 11 is 6.28. The van der Waals surface area contributed by atoms with Crippen LogP contribution in [0.1, 0.15) is 23.2 Å². The van der Waals surface area contributed by atoms with Crippen LogP contribution in [0.2, 0.25) is 5.02 Å². The van der Waals surface area contributed by atoms with E-state index in [1.165, 1.54) is 17.4 Å². The monoisotopic (exact) mass is 443 g/mol. The van der Waals surface area contributed by atoms with Crippen molar-refractivity contribution < 1.29 is 13.6 Å². The molecule has 11 heteroatoms. The number of nitrogens with zero attached hydrogens (tertiary/aromatic N) is 6. The molecule has 0 aliphatic carbocycles. The van der Waals surface area contributed by atoms with E-state index in [2.05, 4.69) is 25.3 Å². The fourth-order valence-electron chi connectivity index (χ4n) is 3.62. The number of hydrogen-bond acceptors (Lipinski definition) is 5. The highest BCUT2D eigenvalue weighted by molar-refractivity contribution is 6.31. The number of rotatable bonds is 3. The normalized spacial score (nSPS) is 16.0. The Kier molecular flexibility index (Phi) is 4.66. The average molecular weight is 444 g/mol. The summed E-state index contributed by atoms with van der Waals surface area (Å²) in [5.74, 6) is -2.46. The molecule has 0 bridgehead atoms. The van der Waals surface area contributed by atoms with E-state index in [1.54, 1.807) is 29.1 Å². The average Bonchev–Trinajstić information content (AvgIpc) is 3.42. The van der Waals surface area contributed by atoms with Gasteiger partial charge in [-0.25, -0.2) is 23.4 Å². The minimum absolute atomic E-state index is 0.0239. The number of piperidine rings is 1. The molecule has 31 heavy (non-hydrogen) atoms. The van der Waals surface area contributed by atoms with Gasteiger partial charge in [-0.3, -0.25) is 9.89 Å². The number of halogens is 3. The van der Waals surface area contributed by atoms with Gasteiger partial charge in [-0.2, -0.15) is 10.2 Å². The minimum Gasteiger partial charge on any atom is -0.338 e. The Morgan fingerprint density at radius 3 is 2.65 bits per heavy atom. The highest BCUT2D eigenvalue weighted by atomic mass is 35.5. The molecule has 0 radical (unpaired) electrons. The van der Waals surface area contributed by atoms with Crippen LogP contribution in [0.5, 0.6) is 0 Å². The second-order valence-electron chi connectivity index (χ2n) is 7.37. The van der Waals surface area contributed by atoms with E-state index in [1.807, 2.05) is 6.07 Å². The van der Waals surface area contributed by atoms with Crippen molar-refractivity contribution in [2.45, 2.75) is 18.8 Å². The Labute approximate surface area is 179 Å². The number of likely N-dealkylation sites (tertiary alicyclic amines) is 1. The number of aromatic amines is 1. The molecule has 1 saturated heterocycles. The van der Waals surface area contributed by atoms with Gasteiger partial charge in [0.1, 0.15) is 6.33 Å². The summed E-state index contributed by atoms with van der Waals surface area (Å²) in [5.41, 5.74) is 2.27. The standard InChI is InChI=1S/C20H16ClF2N7O/c21-15-6-12(17-25-11-26-28-17)7-16(8-15)30-18-13(10-27-30)5-14(9-24-18)19(31)29-3-1-20(22,23)2-4-29/h5-11H,1-4H2,(H,25,26,28). The molecule has 8 nitrogen and oxygen atoms in total.